The lowest BCUT2D eigenvalue weighted by atomic mass is 10.5. The van der Waals surface area contributed by atoms with Crippen molar-refractivity contribution >= 4 is 18.3 Å². The van der Waals surface area contributed by atoms with E-state index in [0.717, 1.165) is 13.1 Å². The molecule has 0 radical (unpaired) electrons. The number of hydrogen-bond acceptors (Lipinski definition) is 4. The van der Waals surface area contributed by atoms with Crippen LogP contribution < -0.4 is 5.32 Å². The number of nitrogens with zero attached hydrogens (tertiary/aromatic N) is 1. The minimum absolute atomic E-state index is 0.222. The summed E-state index contributed by atoms with van der Waals surface area (Å²) in [6.07, 6.45) is 2.18. The maximum Gasteiger partial charge on any atom is 0.303 e. The first kappa shape index (κ1) is 15.9. The van der Waals surface area contributed by atoms with Crippen LogP contribution in [0, 0.1) is 0 Å². The molecule has 0 amide bonds. The maximum absolute atomic E-state index is 9.37. The van der Waals surface area contributed by atoms with Crippen molar-refractivity contribution in [1.29, 1.82) is 0 Å². The predicted molar refractivity (Wildman–Crippen MR) is 57.2 cm³/mol. The summed E-state index contributed by atoms with van der Waals surface area (Å²) in [7, 11) is 0. The molecular formula is C9H18N2O4. The molecule has 0 unspecified atom stereocenters. The summed E-state index contributed by atoms with van der Waals surface area (Å²) < 4.78 is 0. The summed E-state index contributed by atoms with van der Waals surface area (Å²) in [5.74, 6) is -1.49. The smallest absolute Gasteiger partial charge is 0.303 e. The number of hydrogen-bond donors (Lipinski definition) is 3. The first-order chi connectivity index (χ1) is 7.04. The van der Waals surface area contributed by atoms with Crippen LogP contribution in [0.5, 0.6) is 0 Å². The molecule has 3 N–H and O–H groups in total. The van der Waals surface area contributed by atoms with E-state index in [2.05, 4.69) is 10.3 Å². The Hall–Kier alpha value is -1.59. The third-order valence-electron chi connectivity index (χ3n) is 1.17. The van der Waals surface area contributed by atoms with Gasteiger partial charge in [-0.3, -0.25) is 14.6 Å². The molecule has 1 aliphatic rings. The lowest BCUT2D eigenvalue weighted by molar-refractivity contribution is -0.137. The van der Waals surface area contributed by atoms with Crippen LogP contribution >= 0.6 is 0 Å². The van der Waals surface area contributed by atoms with E-state index in [1.54, 1.807) is 20.2 Å². The van der Waals surface area contributed by atoms with Crippen molar-refractivity contribution in [3.05, 3.63) is 0 Å². The Morgan fingerprint density at radius 2 is 1.67 bits per heavy atom. The molecule has 0 saturated carbocycles. The van der Waals surface area contributed by atoms with Crippen molar-refractivity contribution in [2.75, 3.05) is 13.1 Å². The van der Waals surface area contributed by atoms with Gasteiger partial charge in [0.1, 0.15) is 0 Å². The Labute approximate surface area is 89.0 Å². The van der Waals surface area contributed by atoms with E-state index in [9.17, 15) is 9.59 Å². The van der Waals surface area contributed by atoms with Crippen LogP contribution in [0.15, 0.2) is 4.99 Å². The Bertz CT molecular complexity index is 184. The standard InChI is InChI=1S/C3H6N2.2C3H6O2/c1-2-5-3-4-1;2*1-2-3(4)5/h3H,1-2H2,(H,4,5);2*2H2,1H3,(H,4,5). The first-order valence-electron chi connectivity index (χ1n) is 4.69. The van der Waals surface area contributed by atoms with Gasteiger partial charge in [-0.05, 0) is 0 Å². The molecule has 0 saturated heterocycles. The zero-order valence-corrected chi connectivity index (χ0v) is 9.06. The van der Waals surface area contributed by atoms with Crippen LogP contribution in [-0.4, -0.2) is 41.6 Å². The fraction of sp³-hybridized carbons (Fsp3) is 0.667. The number of aliphatic carboxylic acids is 2. The largest absolute Gasteiger partial charge is 0.481 e. The highest BCUT2D eigenvalue weighted by Gasteiger charge is 1.82. The summed E-state index contributed by atoms with van der Waals surface area (Å²) in [4.78, 5) is 22.6. The van der Waals surface area contributed by atoms with E-state index in [1.807, 2.05) is 0 Å². The van der Waals surface area contributed by atoms with E-state index in [1.165, 1.54) is 0 Å². The van der Waals surface area contributed by atoms with Gasteiger partial charge in [-0.1, -0.05) is 13.8 Å². The van der Waals surface area contributed by atoms with E-state index >= 15 is 0 Å². The molecule has 0 aromatic rings. The highest BCUT2D eigenvalue weighted by Crippen LogP contribution is 1.68. The molecule has 0 fully saturated rings. The van der Waals surface area contributed by atoms with Crippen molar-refractivity contribution < 1.29 is 19.8 Å². The second-order valence-corrected chi connectivity index (χ2v) is 2.48. The lowest BCUT2D eigenvalue weighted by Crippen LogP contribution is -2.04. The van der Waals surface area contributed by atoms with Gasteiger partial charge < -0.3 is 15.5 Å². The van der Waals surface area contributed by atoms with Crippen molar-refractivity contribution in [1.82, 2.24) is 5.32 Å². The summed E-state index contributed by atoms with van der Waals surface area (Å²) in [6.45, 7) is 5.19. The van der Waals surface area contributed by atoms with Crippen LogP contribution in [0.1, 0.15) is 26.7 Å². The van der Waals surface area contributed by atoms with Gasteiger partial charge in [0.25, 0.3) is 0 Å². The molecular weight excluding hydrogens is 200 g/mol. The number of aliphatic imine (C=N–C) groups is 1. The van der Waals surface area contributed by atoms with Gasteiger partial charge in [0, 0.05) is 19.4 Å². The van der Waals surface area contributed by atoms with Gasteiger partial charge in [-0.25, -0.2) is 0 Å². The second-order valence-electron chi connectivity index (χ2n) is 2.48. The fourth-order valence-corrected chi connectivity index (χ4v) is 0.323. The molecule has 0 spiro atoms. The third-order valence-corrected chi connectivity index (χ3v) is 1.17. The number of nitrogens with one attached hydrogen (secondary N) is 1. The second kappa shape index (κ2) is 12.4. The molecule has 6 heteroatoms. The van der Waals surface area contributed by atoms with Crippen LogP contribution in [0.3, 0.4) is 0 Å². The molecule has 0 aromatic heterocycles. The Balaban J connectivity index is 0. The first-order valence-corrected chi connectivity index (χ1v) is 4.69. The van der Waals surface area contributed by atoms with Crippen molar-refractivity contribution in [2.24, 2.45) is 4.99 Å². The van der Waals surface area contributed by atoms with Crippen molar-refractivity contribution in [3.8, 4) is 0 Å². The summed E-state index contributed by atoms with van der Waals surface area (Å²) in [6, 6.07) is 0. The molecule has 1 heterocycles. The van der Waals surface area contributed by atoms with Crippen LogP contribution in [-0.2, 0) is 9.59 Å². The SMILES string of the molecule is C1=NCCN1.CCC(=O)O.CCC(=O)O. The highest BCUT2D eigenvalue weighted by molar-refractivity contribution is 5.66. The molecule has 0 bridgehead atoms. The number of rotatable bonds is 2. The lowest BCUT2D eigenvalue weighted by Gasteiger charge is -1.75. The molecule has 1 rings (SSSR count). The van der Waals surface area contributed by atoms with Crippen molar-refractivity contribution in [3.63, 3.8) is 0 Å². The molecule has 6 nitrogen and oxygen atoms in total. The Kier molecular flexibility index (Phi) is 13.1. The van der Waals surface area contributed by atoms with E-state index in [-0.39, 0.29) is 12.8 Å². The van der Waals surface area contributed by atoms with Crippen LogP contribution in [0.25, 0.3) is 0 Å². The number of carbonyl (C=O) groups is 2. The number of carboxylic acids is 2. The Morgan fingerprint density at radius 1 is 1.27 bits per heavy atom. The van der Waals surface area contributed by atoms with Crippen LogP contribution in [0.2, 0.25) is 0 Å². The highest BCUT2D eigenvalue weighted by atomic mass is 16.4. The van der Waals surface area contributed by atoms with Gasteiger partial charge in [-0.15, -0.1) is 0 Å². The molecule has 0 aliphatic carbocycles. The van der Waals surface area contributed by atoms with Gasteiger partial charge in [-0.2, -0.15) is 0 Å². The molecule has 15 heavy (non-hydrogen) atoms. The zero-order chi connectivity index (χ0) is 12.1. The summed E-state index contributed by atoms with van der Waals surface area (Å²) >= 11 is 0. The summed E-state index contributed by atoms with van der Waals surface area (Å²) in [5.41, 5.74) is 0. The monoisotopic (exact) mass is 218 g/mol. The van der Waals surface area contributed by atoms with Crippen molar-refractivity contribution in [2.45, 2.75) is 26.7 Å². The quantitative estimate of drug-likeness (QED) is 0.629. The molecule has 0 atom stereocenters. The minimum atomic E-state index is -0.745. The van der Waals surface area contributed by atoms with E-state index in [0.29, 0.717) is 0 Å². The fourth-order valence-electron chi connectivity index (χ4n) is 0.323. The molecule has 0 aromatic carbocycles. The average Bonchev–Trinajstić information content (AvgIpc) is 2.76. The number of carboxylic acid groups (broad SMARTS) is 2. The average molecular weight is 218 g/mol. The van der Waals surface area contributed by atoms with E-state index in [4.69, 9.17) is 10.2 Å². The molecule has 1 aliphatic heterocycles. The topological polar surface area (TPSA) is 99.0 Å². The van der Waals surface area contributed by atoms with Crippen LogP contribution in [0.4, 0.5) is 0 Å². The Morgan fingerprint density at radius 3 is 1.73 bits per heavy atom. The minimum Gasteiger partial charge on any atom is -0.481 e. The van der Waals surface area contributed by atoms with Gasteiger partial charge in [0.2, 0.25) is 0 Å². The maximum atomic E-state index is 9.37. The third kappa shape index (κ3) is 24.5. The summed E-state index contributed by atoms with van der Waals surface area (Å²) in [5, 5.41) is 18.4. The predicted octanol–water partition coefficient (Wildman–Crippen LogP) is 0.580. The van der Waals surface area contributed by atoms with Gasteiger partial charge >= 0.3 is 11.9 Å². The normalized spacial score (nSPS) is 11.3. The van der Waals surface area contributed by atoms with Gasteiger partial charge in [0.05, 0.1) is 12.9 Å². The van der Waals surface area contributed by atoms with Gasteiger partial charge in [0.15, 0.2) is 0 Å². The molecule has 88 valence electrons. The van der Waals surface area contributed by atoms with E-state index < -0.39 is 11.9 Å². The zero-order valence-electron chi connectivity index (χ0n) is 9.06.